The van der Waals surface area contributed by atoms with E-state index in [1.54, 1.807) is 38.1 Å². The largest absolute Gasteiger partial charge is 0.493 e. The van der Waals surface area contributed by atoms with Gasteiger partial charge in [0, 0.05) is 23.5 Å². The van der Waals surface area contributed by atoms with Crippen molar-refractivity contribution in [3.05, 3.63) is 54.2 Å². The number of para-hydroxylation sites is 1. The summed E-state index contributed by atoms with van der Waals surface area (Å²) in [6, 6.07) is 13.4. The van der Waals surface area contributed by atoms with Crippen LogP contribution in [-0.2, 0) is 0 Å². The van der Waals surface area contributed by atoms with Crippen LogP contribution in [0.1, 0.15) is 5.56 Å². The van der Waals surface area contributed by atoms with Gasteiger partial charge in [-0.25, -0.2) is 4.98 Å². The van der Waals surface area contributed by atoms with E-state index < -0.39 is 0 Å². The molecule has 29 heavy (non-hydrogen) atoms. The third kappa shape index (κ3) is 3.40. The summed E-state index contributed by atoms with van der Waals surface area (Å²) in [6.07, 6.45) is 1.69. The van der Waals surface area contributed by atoms with E-state index in [0.29, 0.717) is 34.7 Å². The van der Waals surface area contributed by atoms with Crippen LogP contribution in [0, 0.1) is 6.92 Å². The molecule has 0 bridgehead atoms. The fourth-order valence-electron chi connectivity index (χ4n) is 3.11. The van der Waals surface area contributed by atoms with Crippen molar-refractivity contribution in [1.82, 2.24) is 19.6 Å². The van der Waals surface area contributed by atoms with Gasteiger partial charge in [0.05, 0.1) is 21.3 Å². The molecule has 4 rings (SSSR count). The Bertz CT molecular complexity index is 1150. The van der Waals surface area contributed by atoms with Gasteiger partial charge < -0.3 is 19.5 Å². The molecular formula is C21H21N5O3. The molecule has 1 N–H and O–H groups in total. The van der Waals surface area contributed by atoms with Crippen molar-refractivity contribution < 1.29 is 14.2 Å². The average Bonchev–Trinajstić information content (AvgIpc) is 3.16. The monoisotopic (exact) mass is 391 g/mol. The van der Waals surface area contributed by atoms with E-state index in [9.17, 15) is 0 Å². The van der Waals surface area contributed by atoms with Crippen molar-refractivity contribution in [1.29, 1.82) is 0 Å². The minimum absolute atomic E-state index is 0.487. The average molecular weight is 391 g/mol. The van der Waals surface area contributed by atoms with Gasteiger partial charge in [0.25, 0.3) is 0 Å². The van der Waals surface area contributed by atoms with Gasteiger partial charge in [0.2, 0.25) is 11.7 Å². The summed E-state index contributed by atoms with van der Waals surface area (Å²) in [7, 11) is 4.73. The Kier molecular flexibility index (Phi) is 4.90. The van der Waals surface area contributed by atoms with Gasteiger partial charge in [-0.3, -0.25) is 0 Å². The molecule has 0 aliphatic carbocycles. The van der Waals surface area contributed by atoms with Gasteiger partial charge in [0.1, 0.15) is 0 Å². The molecular weight excluding hydrogens is 370 g/mol. The summed E-state index contributed by atoms with van der Waals surface area (Å²) >= 11 is 0. The van der Waals surface area contributed by atoms with Crippen molar-refractivity contribution in [2.75, 3.05) is 26.6 Å². The zero-order chi connectivity index (χ0) is 20.4. The summed E-state index contributed by atoms with van der Waals surface area (Å²) < 4.78 is 18.0. The van der Waals surface area contributed by atoms with Crippen LogP contribution < -0.4 is 19.5 Å². The van der Waals surface area contributed by atoms with Crippen molar-refractivity contribution in [3.8, 4) is 28.6 Å². The third-order valence-corrected chi connectivity index (χ3v) is 4.57. The van der Waals surface area contributed by atoms with Gasteiger partial charge in [-0.1, -0.05) is 18.2 Å². The van der Waals surface area contributed by atoms with Crippen LogP contribution >= 0.6 is 0 Å². The molecule has 0 unspecified atom stereocenters. The number of hydrogen-bond donors (Lipinski definition) is 1. The highest BCUT2D eigenvalue weighted by Gasteiger charge is 2.17. The first-order chi connectivity index (χ1) is 14.1. The predicted molar refractivity (Wildman–Crippen MR) is 110 cm³/mol. The molecule has 0 spiro atoms. The van der Waals surface area contributed by atoms with E-state index in [0.717, 1.165) is 16.8 Å². The van der Waals surface area contributed by atoms with E-state index in [1.807, 2.05) is 43.3 Å². The maximum Gasteiger partial charge on any atom is 0.247 e. The lowest BCUT2D eigenvalue weighted by molar-refractivity contribution is 0.324. The quantitative estimate of drug-likeness (QED) is 0.534. The lowest BCUT2D eigenvalue weighted by Crippen LogP contribution is -2.01. The molecule has 0 atom stereocenters. The molecule has 8 nitrogen and oxygen atoms in total. The van der Waals surface area contributed by atoms with Crippen molar-refractivity contribution in [3.63, 3.8) is 0 Å². The van der Waals surface area contributed by atoms with E-state index in [2.05, 4.69) is 20.4 Å². The number of aromatic nitrogens is 4. The smallest absolute Gasteiger partial charge is 0.247 e. The molecule has 0 aliphatic heterocycles. The lowest BCUT2D eigenvalue weighted by atomic mass is 10.1. The number of nitrogens with zero attached hydrogens (tertiary/aromatic N) is 4. The molecule has 4 aromatic rings. The first-order valence-electron chi connectivity index (χ1n) is 8.99. The molecule has 2 aromatic carbocycles. The molecule has 148 valence electrons. The van der Waals surface area contributed by atoms with Crippen LogP contribution in [0.2, 0.25) is 0 Å². The first kappa shape index (κ1) is 18.5. The topological polar surface area (TPSA) is 82.8 Å². The van der Waals surface area contributed by atoms with Crippen LogP contribution in [0.25, 0.3) is 17.0 Å². The summed E-state index contributed by atoms with van der Waals surface area (Å²) in [6.45, 7) is 2.03. The Hall–Kier alpha value is -3.81. The fraction of sp³-hybridized carbons (Fsp3) is 0.190. The van der Waals surface area contributed by atoms with E-state index in [4.69, 9.17) is 14.2 Å². The van der Waals surface area contributed by atoms with Crippen LogP contribution in [0.15, 0.2) is 48.7 Å². The minimum Gasteiger partial charge on any atom is -0.493 e. The maximum absolute atomic E-state index is 5.46. The number of ether oxygens (including phenoxy) is 3. The molecule has 0 amide bonds. The first-order valence-corrected chi connectivity index (χ1v) is 8.99. The van der Waals surface area contributed by atoms with Crippen molar-refractivity contribution in [2.24, 2.45) is 0 Å². The molecule has 0 aliphatic rings. The van der Waals surface area contributed by atoms with E-state index in [1.165, 1.54) is 0 Å². The fourth-order valence-corrected chi connectivity index (χ4v) is 3.11. The highest BCUT2D eigenvalue weighted by molar-refractivity contribution is 5.69. The van der Waals surface area contributed by atoms with E-state index in [-0.39, 0.29) is 0 Å². The lowest BCUT2D eigenvalue weighted by Gasteiger charge is -2.14. The standard InChI is InChI=1S/C21H21N5O3/c1-13-7-5-6-8-15(13)23-21-24-18-9-10-22-20(26(18)25-21)14-11-16(27-2)19(29-4)17(12-14)28-3/h5-12H,1-4H3,(H,23,25). The molecule has 2 aromatic heterocycles. The Morgan fingerprint density at radius 3 is 2.31 bits per heavy atom. The van der Waals surface area contributed by atoms with Gasteiger partial charge in [-0.15, -0.1) is 5.10 Å². The number of methoxy groups -OCH3 is 3. The Morgan fingerprint density at radius 2 is 1.66 bits per heavy atom. The third-order valence-electron chi connectivity index (χ3n) is 4.57. The molecule has 2 heterocycles. The van der Waals surface area contributed by atoms with Gasteiger partial charge in [-0.2, -0.15) is 9.50 Å². The highest BCUT2D eigenvalue weighted by atomic mass is 16.5. The zero-order valence-electron chi connectivity index (χ0n) is 16.6. The van der Waals surface area contributed by atoms with Crippen molar-refractivity contribution >= 4 is 17.3 Å². The highest BCUT2D eigenvalue weighted by Crippen LogP contribution is 2.40. The minimum atomic E-state index is 0.487. The Morgan fingerprint density at radius 1 is 0.931 bits per heavy atom. The van der Waals surface area contributed by atoms with Gasteiger partial charge in [0.15, 0.2) is 23.0 Å². The normalized spacial score (nSPS) is 10.8. The molecule has 8 heteroatoms. The summed E-state index contributed by atoms with van der Waals surface area (Å²) in [5.41, 5.74) is 3.48. The number of rotatable bonds is 6. The second kappa shape index (κ2) is 7.67. The Balaban J connectivity index is 1.81. The predicted octanol–water partition coefficient (Wildman–Crippen LogP) is 3.87. The number of fused-ring (bicyclic) bond motifs is 1. The van der Waals surface area contributed by atoms with Gasteiger partial charge in [-0.05, 0) is 30.7 Å². The molecule has 0 fully saturated rings. The molecule has 0 saturated heterocycles. The molecule has 0 radical (unpaired) electrons. The number of aryl methyl sites for hydroxylation is 1. The number of hydrogen-bond acceptors (Lipinski definition) is 7. The van der Waals surface area contributed by atoms with Crippen LogP contribution in [0.5, 0.6) is 17.2 Å². The number of nitrogens with one attached hydrogen (secondary N) is 1. The summed E-state index contributed by atoms with van der Waals surface area (Å²) in [5.74, 6) is 2.69. The molecule has 0 saturated carbocycles. The van der Waals surface area contributed by atoms with Crippen LogP contribution in [0.4, 0.5) is 11.6 Å². The van der Waals surface area contributed by atoms with Crippen LogP contribution in [0.3, 0.4) is 0 Å². The second-order valence-corrected chi connectivity index (χ2v) is 6.33. The Labute approximate surface area is 168 Å². The summed E-state index contributed by atoms with van der Waals surface area (Å²) in [4.78, 5) is 9.07. The maximum atomic E-state index is 5.46. The van der Waals surface area contributed by atoms with Gasteiger partial charge >= 0.3 is 0 Å². The van der Waals surface area contributed by atoms with E-state index >= 15 is 0 Å². The zero-order valence-corrected chi connectivity index (χ0v) is 16.6. The summed E-state index contributed by atoms with van der Waals surface area (Å²) in [5, 5.41) is 7.86. The van der Waals surface area contributed by atoms with Crippen molar-refractivity contribution in [2.45, 2.75) is 6.92 Å². The second-order valence-electron chi connectivity index (χ2n) is 6.33. The number of benzene rings is 2. The number of anilines is 2. The van der Waals surface area contributed by atoms with Crippen LogP contribution in [-0.4, -0.2) is 40.9 Å². The SMILES string of the molecule is COc1cc(-c2nccc3nc(Nc4ccccc4C)nn23)cc(OC)c1OC.